The minimum Gasteiger partial charge on any atom is -0.317 e. The van der Waals surface area contributed by atoms with Gasteiger partial charge >= 0.3 is 0 Å². The Labute approximate surface area is 96.2 Å². The number of nitrogens with one attached hydrogen (secondary N) is 1. The number of aromatic nitrogens is 2. The van der Waals surface area contributed by atoms with Gasteiger partial charge in [-0.05, 0) is 46.3 Å². The van der Waals surface area contributed by atoms with Crippen LogP contribution in [0.1, 0.15) is 30.7 Å². The lowest BCUT2D eigenvalue weighted by atomic mass is 10.1. The Morgan fingerprint density at radius 1 is 1.38 bits per heavy atom. The van der Waals surface area contributed by atoms with Gasteiger partial charge in [0.25, 0.3) is 0 Å². The van der Waals surface area contributed by atoms with Crippen LogP contribution >= 0.6 is 0 Å². The summed E-state index contributed by atoms with van der Waals surface area (Å²) in [6, 6.07) is 0.645. The van der Waals surface area contributed by atoms with Crippen LogP contribution in [0.5, 0.6) is 0 Å². The van der Waals surface area contributed by atoms with Crippen LogP contribution in [-0.4, -0.2) is 41.4 Å². The minimum atomic E-state index is 0.645. The highest BCUT2D eigenvalue weighted by molar-refractivity contribution is 5.04. The van der Waals surface area contributed by atoms with Crippen molar-refractivity contribution in [3.63, 3.8) is 0 Å². The zero-order valence-electron chi connectivity index (χ0n) is 10.1. The van der Waals surface area contributed by atoms with Crippen molar-refractivity contribution >= 4 is 0 Å². The molecule has 0 aliphatic carbocycles. The Morgan fingerprint density at radius 2 is 2.25 bits per heavy atom. The first-order valence-electron chi connectivity index (χ1n) is 5.96. The molecule has 16 heavy (non-hydrogen) atoms. The van der Waals surface area contributed by atoms with Crippen LogP contribution in [-0.2, 0) is 6.54 Å². The fourth-order valence-electron chi connectivity index (χ4n) is 2.20. The normalized spacial score (nSPS) is 22.3. The molecule has 1 unspecified atom stereocenters. The van der Waals surface area contributed by atoms with Gasteiger partial charge in [0, 0.05) is 12.6 Å². The Hall–Kier alpha value is -0.940. The first-order chi connectivity index (χ1) is 7.77. The third kappa shape index (κ3) is 2.80. The van der Waals surface area contributed by atoms with E-state index in [4.69, 9.17) is 4.63 Å². The van der Waals surface area contributed by atoms with Crippen LogP contribution in [0.25, 0.3) is 0 Å². The lowest BCUT2D eigenvalue weighted by Crippen LogP contribution is -2.32. The summed E-state index contributed by atoms with van der Waals surface area (Å²) in [5, 5.41) is 11.2. The van der Waals surface area contributed by atoms with E-state index in [2.05, 4.69) is 27.6 Å². The van der Waals surface area contributed by atoms with Crippen molar-refractivity contribution in [3.05, 3.63) is 11.4 Å². The van der Waals surface area contributed by atoms with Crippen LogP contribution in [0.15, 0.2) is 4.63 Å². The Kier molecular flexibility index (Phi) is 3.90. The molecule has 0 amide bonds. The quantitative estimate of drug-likeness (QED) is 0.828. The maximum absolute atomic E-state index is 4.72. The predicted octanol–water partition coefficient (Wildman–Crippen LogP) is 0.952. The van der Waals surface area contributed by atoms with Gasteiger partial charge in [-0.25, -0.2) is 4.63 Å². The Morgan fingerprint density at radius 3 is 3.00 bits per heavy atom. The van der Waals surface area contributed by atoms with E-state index in [0.717, 1.165) is 31.0 Å². The van der Waals surface area contributed by atoms with Crippen molar-refractivity contribution < 1.29 is 4.63 Å². The van der Waals surface area contributed by atoms with Crippen LogP contribution < -0.4 is 5.32 Å². The van der Waals surface area contributed by atoms with Gasteiger partial charge in [0.15, 0.2) is 0 Å². The lowest BCUT2D eigenvalue weighted by molar-refractivity contribution is 0.208. The number of nitrogens with zero attached hydrogens (tertiary/aromatic N) is 3. The molecule has 1 aromatic rings. The Balaban J connectivity index is 1.91. The molecule has 2 rings (SSSR count). The van der Waals surface area contributed by atoms with Crippen molar-refractivity contribution in [2.75, 3.05) is 20.1 Å². The third-order valence-electron chi connectivity index (χ3n) is 3.31. The van der Waals surface area contributed by atoms with Gasteiger partial charge in [-0.2, -0.15) is 0 Å². The molecule has 1 aliphatic heterocycles. The summed E-state index contributed by atoms with van der Waals surface area (Å²) in [7, 11) is 2.16. The first-order valence-corrected chi connectivity index (χ1v) is 5.96. The van der Waals surface area contributed by atoms with Gasteiger partial charge < -0.3 is 5.32 Å². The highest BCUT2D eigenvalue weighted by Gasteiger charge is 2.18. The molecular formula is C11H20N4O. The van der Waals surface area contributed by atoms with Crippen LogP contribution in [0, 0.1) is 6.92 Å². The SMILES string of the molecule is Cc1nonc1CN(C)C1CCCNCC1. The molecule has 1 saturated heterocycles. The second-order valence-electron chi connectivity index (χ2n) is 4.55. The summed E-state index contributed by atoms with van der Waals surface area (Å²) >= 11 is 0. The lowest BCUT2D eigenvalue weighted by Gasteiger charge is -2.25. The number of rotatable bonds is 3. The summed E-state index contributed by atoms with van der Waals surface area (Å²) in [5.41, 5.74) is 1.86. The van der Waals surface area contributed by atoms with Crippen LogP contribution in [0.4, 0.5) is 0 Å². The van der Waals surface area contributed by atoms with Crippen LogP contribution in [0.2, 0.25) is 0 Å². The van der Waals surface area contributed by atoms with E-state index in [0.29, 0.717) is 6.04 Å². The number of hydrogen-bond acceptors (Lipinski definition) is 5. The summed E-state index contributed by atoms with van der Waals surface area (Å²) in [4.78, 5) is 2.36. The zero-order valence-corrected chi connectivity index (χ0v) is 10.1. The van der Waals surface area contributed by atoms with Gasteiger partial charge in [0.1, 0.15) is 11.4 Å². The predicted molar refractivity (Wildman–Crippen MR) is 61.0 cm³/mol. The average molecular weight is 224 g/mol. The fourth-order valence-corrected chi connectivity index (χ4v) is 2.20. The van der Waals surface area contributed by atoms with E-state index in [9.17, 15) is 0 Å². The van der Waals surface area contributed by atoms with E-state index in [1.165, 1.54) is 19.3 Å². The fraction of sp³-hybridized carbons (Fsp3) is 0.818. The van der Waals surface area contributed by atoms with Gasteiger partial charge in [0.05, 0.1) is 0 Å². The molecule has 1 aromatic heterocycles. The monoisotopic (exact) mass is 224 g/mol. The molecule has 1 fully saturated rings. The molecule has 1 aliphatic rings. The van der Waals surface area contributed by atoms with E-state index < -0.39 is 0 Å². The first kappa shape index (κ1) is 11.5. The van der Waals surface area contributed by atoms with Crippen molar-refractivity contribution in [3.8, 4) is 0 Å². The Bertz CT molecular complexity index is 318. The molecule has 2 heterocycles. The smallest absolute Gasteiger partial charge is 0.122 e. The molecule has 5 nitrogen and oxygen atoms in total. The maximum Gasteiger partial charge on any atom is 0.122 e. The highest BCUT2D eigenvalue weighted by atomic mass is 16.6. The molecule has 0 saturated carbocycles. The molecule has 5 heteroatoms. The van der Waals surface area contributed by atoms with Gasteiger partial charge in [-0.1, -0.05) is 10.3 Å². The summed E-state index contributed by atoms with van der Waals surface area (Å²) in [6.07, 6.45) is 3.72. The van der Waals surface area contributed by atoms with E-state index in [1.54, 1.807) is 0 Å². The van der Waals surface area contributed by atoms with Crippen molar-refractivity contribution in [2.45, 2.75) is 38.8 Å². The molecule has 90 valence electrons. The van der Waals surface area contributed by atoms with E-state index in [1.807, 2.05) is 6.92 Å². The van der Waals surface area contributed by atoms with Gasteiger partial charge in [-0.3, -0.25) is 4.90 Å². The standard InChI is InChI=1S/C11H20N4O/c1-9-11(14-16-13-9)8-15(2)10-4-3-6-12-7-5-10/h10,12H,3-8H2,1-2H3. The van der Waals surface area contributed by atoms with Crippen molar-refractivity contribution in [1.82, 2.24) is 20.5 Å². The molecule has 0 radical (unpaired) electrons. The molecule has 0 bridgehead atoms. The maximum atomic E-state index is 4.72. The van der Waals surface area contributed by atoms with E-state index >= 15 is 0 Å². The summed E-state index contributed by atoms with van der Waals surface area (Å²) < 4.78 is 4.72. The second kappa shape index (κ2) is 5.41. The molecular weight excluding hydrogens is 204 g/mol. The van der Waals surface area contributed by atoms with Gasteiger partial charge in [0.2, 0.25) is 0 Å². The molecule has 1 N–H and O–H groups in total. The summed E-state index contributed by atoms with van der Waals surface area (Å²) in [6.45, 7) is 5.04. The average Bonchev–Trinajstić information content (AvgIpc) is 2.57. The summed E-state index contributed by atoms with van der Waals surface area (Å²) in [5.74, 6) is 0. The van der Waals surface area contributed by atoms with Crippen molar-refractivity contribution in [1.29, 1.82) is 0 Å². The second-order valence-corrected chi connectivity index (χ2v) is 4.55. The van der Waals surface area contributed by atoms with Gasteiger partial charge in [-0.15, -0.1) is 0 Å². The van der Waals surface area contributed by atoms with E-state index in [-0.39, 0.29) is 0 Å². The number of hydrogen-bond donors (Lipinski definition) is 1. The minimum absolute atomic E-state index is 0.645. The van der Waals surface area contributed by atoms with Crippen LogP contribution in [0.3, 0.4) is 0 Å². The molecule has 0 spiro atoms. The largest absolute Gasteiger partial charge is 0.317 e. The van der Waals surface area contributed by atoms with Crippen molar-refractivity contribution in [2.24, 2.45) is 0 Å². The molecule has 1 atom stereocenters. The zero-order chi connectivity index (χ0) is 11.4. The number of aryl methyl sites for hydroxylation is 1. The molecule has 0 aromatic carbocycles. The topological polar surface area (TPSA) is 54.2 Å². The highest BCUT2D eigenvalue weighted by Crippen LogP contribution is 2.14. The third-order valence-corrected chi connectivity index (χ3v) is 3.31.